The van der Waals surface area contributed by atoms with Gasteiger partial charge in [-0.2, -0.15) is 0 Å². The van der Waals surface area contributed by atoms with Crippen LogP contribution in [0.2, 0.25) is 5.02 Å². The van der Waals surface area contributed by atoms with Crippen LogP contribution in [0.15, 0.2) is 35.2 Å². The summed E-state index contributed by atoms with van der Waals surface area (Å²) >= 11 is 6.22. The molecule has 0 aromatic heterocycles. The van der Waals surface area contributed by atoms with E-state index < -0.39 is 73.9 Å². The number of ether oxygens (including phenoxy) is 1. The molecule has 2 aromatic carbocycles. The largest absolute Gasteiger partial charge is 0.453 e. The maximum Gasteiger partial charge on any atom is 0.410 e. The Kier molecular flexibility index (Phi) is 8.42. The first-order valence-corrected chi connectivity index (χ1v) is 15.4. The zero-order chi connectivity index (χ0) is 32.1. The molecular weight excluding hydrogens is 631 g/mol. The van der Waals surface area contributed by atoms with Crippen LogP contribution in [0.25, 0.3) is 0 Å². The number of halogens is 4. The number of ketones is 1. The summed E-state index contributed by atoms with van der Waals surface area (Å²) in [5.74, 6) is -7.64. The average Bonchev–Trinajstić information content (AvgIpc) is 3.39. The number of rotatable bonds is 7. The zero-order valence-corrected chi connectivity index (χ0v) is 24.7. The van der Waals surface area contributed by atoms with Crippen LogP contribution in [-0.2, 0) is 24.2 Å². The van der Waals surface area contributed by atoms with Gasteiger partial charge in [-0.1, -0.05) is 11.6 Å². The van der Waals surface area contributed by atoms with E-state index in [-0.39, 0.29) is 59.3 Å². The molecule has 1 heterocycles. The van der Waals surface area contributed by atoms with Crippen molar-refractivity contribution in [1.82, 2.24) is 10.2 Å². The summed E-state index contributed by atoms with van der Waals surface area (Å²) in [6.07, 6.45) is -0.455. The molecule has 1 aliphatic heterocycles. The van der Waals surface area contributed by atoms with Crippen molar-refractivity contribution < 1.29 is 50.6 Å². The minimum Gasteiger partial charge on any atom is -0.453 e. The minimum atomic E-state index is -4.14. The molecule has 16 heteroatoms. The van der Waals surface area contributed by atoms with E-state index in [2.05, 4.69) is 15.4 Å². The van der Waals surface area contributed by atoms with Gasteiger partial charge in [0, 0.05) is 36.3 Å². The summed E-state index contributed by atoms with van der Waals surface area (Å²) in [5.41, 5.74) is -1.99. The van der Waals surface area contributed by atoms with Crippen LogP contribution in [-0.4, -0.2) is 79.2 Å². The highest BCUT2D eigenvalue weighted by Gasteiger charge is 2.60. The zero-order valence-electron chi connectivity index (χ0n) is 23.1. The van der Waals surface area contributed by atoms with Crippen molar-refractivity contribution in [3.63, 3.8) is 0 Å². The Hall–Kier alpha value is -3.69. The summed E-state index contributed by atoms with van der Waals surface area (Å²) < 4.78 is 72.3. The van der Waals surface area contributed by atoms with Gasteiger partial charge in [0.15, 0.2) is 33.1 Å². The highest BCUT2D eigenvalue weighted by molar-refractivity contribution is 7.92. The molecule has 2 aromatic rings. The summed E-state index contributed by atoms with van der Waals surface area (Å²) in [6, 6.07) is 3.50. The number of hydrogen-bond acceptors (Lipinski definition) is 8. The molecule has 4 aliphatic rings. The molecule has 11 nitrogen and oxygen atoms in total. The fourth-order valence-electron chi connectivity index (χ4n) is 6.25. The number of carbonyl (C=O) groups excluding carboxylic acids is 4. The van der Waals surface area contributed by atoms with Crippen molar-refractivity contribution in [3.8, 4) is 0 Å². The number of nitrogens with one attached hydrogen (secondary N) is 2. The number of aliphatic hydroxyl groups is 1. The number of methoxy groups -OCH3 is 1. The molecule has 2 unspecified atom stereocenters. The van der Waals surface area contributed by atoms with E-state index in [1.165, 1.54) is 12.1 Å². The topological polar surface area (TPSA) is 159 Å². The van der Waals surface area contributed by atoms with Gasteiger partial charge >= 0.3 is 6.09 Å². The first kappa shape index (κ1) is 31.7. The van der Waals surface area contributed by atoms with Crippen LogP contribution < -0.4 is 10.6 Å². The van der Waals surface area contributed by atoms with Crippen molar-refractivity contribution in [1.29, 1.82) is 0 Å². The molecule has 0 spiro atoms. The fourth-order valence-corrected chi connectivity index (χ4v) is 8.65. The highest BCUT2D eigenvalue weighted by Crippen LogP contribution is 2.55. The smallest absolute Gasteiger partial charge is 0.410 e. The van der Waals surface area contributed by atoms with Crippen LogP contribution >= 0.6 is 11.6 Å². The predicted octanol–water partition coefficient (Wildman–Crippen LogP) is 2.84. The molecule has 2 bridgehead atoms. The summed E-state index contributed by atoms with van der Waals surface area (Å²) in [7, 11) is -3.01. The number of carbonyl (C=O) groups is 4. The Morgan fingerprint density at radius 2 is 1.73 bits per heavy atom. The van der Waals surface area contributed by atoms with E-state index in [0.717, 1.165) is 18.1 Å². The minimum absolute atomic E-state index is 0.0300. The van der Waals surface area contributed by atoms with Crippen LogP contribution in [0.5, 0.6) is 0 Å². The molecule has 1 saturated heterocycles. The summed E-state index contributed by atoms with van der Waals surface area (Å²) in [6.45, 7) is -0.483. The average molecular weight is 658 g/mol. The molecule has 3 saturated carbocycles. The van der Waals surface area contributed by atoms with Crippen molar-refractivity contribution in [2.75, 3.05) is 25.5 Å². The number of amides is 3. The standard InChI is InChI=1S/C28H27ClF3N3O8S/c1-43-27(39)35-11-17(36)10-22(35)26(38)33-12-28(40)14-5-15(28)7-18(6-14)44(41,42)23-4-13(2-3-19(23)29)25(37)34-16-8-20(30)24(32)21(31)9-16/h2-4,8-9,14-15,18,22,40H,5-7,10-12H2,1H3,(H,33,38)(H,34,37)/t14?,15?,18?,22-,28?/m0/s1. The maximum absolute atomic E-state index is 13.7. The van der Waals surface area contributed by atoms with Crippen molar-refractivity contribution in [2.24, 2.45) is 11.8 Å². The lowest BCUT2D eigenvalue weighted by molar-refractivity contribution is -0.174. The third-order valence-electron chi connectivity index (χ3n) is 8.66. The lowest BCUT2D eigenvalue weighted by atomic mass is 9.53. The fraction of sp³-hybridized carbons (Fsp3) is 0.429. The van der Waals surface area contributed by atoms with E-state index in [1.54, 1.807) is 0 Å². The first-order chi connectivity index (χ1) is 20.6. The van der Waals surface area contributed by atoms with E-state index >= 15 is 0 Å². The molecule has 44 heavy (non-hydrogen) atoms. The number of hydrogen-bond donors (Lipinski definition) is 3. The van der Waals surface area contributed by atoms with Crippen LogP contribution in [0.3, 0.4) is 0 Å². The predicted molar refractivity (Wildman–Crippen MR) is 148 cm³/mol. The Morgan fingerprint density at radius 3 is 2.34 bits per heavy atom. The molecule has 4 fully saturated rings. The number of likely N-dealkylation sites (tertiary alicyclic amines) is 1. The SMILES string of the molecule is COC(=O)N1CC(=O)C[C@H]1C(=O)NCC1(O)C2CC1CC(S(=O)(=O)c1cc(C(=O)Nc3cc(F)c(F)c(F)c3)ccc1Cl)C2. The molecule has 0 radical (unpaired) electrons. The number of Topliss-reactive ketones (excluding diaryl/α,β-unsaturated/α-hetero) is 1. The summed E-state index contributed by atoms with van der Waals surface area (Å²) in [4.78, 5) is 50.0. The monoisotopic (exact) mass is 657 g/mol. The van der Waals surface area contributed by atoms with Gasteiger partial charge in [0.2, 0.25) is 5.91 Å². The van der Waals surface area contributed by atoms with Crippen molar-refractivity contribution in [3.05, 3.63) is 58.4 Å². The van der Waals surface area contributed by atoms with Gasteiger partial charge < -0.3 is 20.5 Å². The van der Waals surface area contributed by atoms with Crippen molar-refractivity contribution >= 4 is 50.8 Å². The number of sulfone groups is 1. The second kappa shape index (κ2) is 11.7. The van der Waals surface area contributed by atoms with E-state index in [4.69, 9.17) is 11.6 Å². The van der Waals surface area contributed by atoms with Gasteiger partial charge in [-0.3, -0.25) is 19.3 Å². The second-order valence-corrected chi connectivity index (χ2v) is 13.8. The van der Waals surface area contributed by atoms with Crippen molar-refractivity contribution in [2.45, 2.75) is 47.5 Å². The number of nitrogens with zero attached hydrogens (tertiary/aromatic N) is 1. The van der Waals surface area contributed by atoms with Crippen LogP contribution in [0, 0.1) is 29.3 Å². The maximum atomic E-state index is 13.7. The number of anilines is 1. The molecular formula is C28H27ClF3N3O8S. The molecule has 3 amide bonds. The van der Waals surface area contributed by atoms with Gasteiger partial charge in [-0.15, -0.1) is 0 Å². The van der Waals surface area contributed by atoms with Gasteiger partial charge in [0.1, 0.15) is 6.04 Å². The number of fused-ring (bicyclic) bond motifs is 2. The normalized spacial score (nSPS) is 26.1. The summed E-state index contributed by atoms with van der Waals surface area (Å²) in [5, 5.41) is 15.0. The van der Waals surface area contributed by atoms with Gasteiger partial charge in [0.25, 0.3) is 5.91 Å². The molecule has 3 N–H and O–H groups in total. The lowest BCUT2D eigenvalue weighted by Gasteiger charge is -2.58. The molecule has 6 rings (SSSR count). The first-order valence-electron chi connectivity index (χ1n) is 13.5. The molecule has 3 aliphatic carbocycles. The van der Waals surface area contributed by atoms with Crippen LogP contribution in [0.4, 0.5) is 23.7 Å². The second-order valence-electron chi connectivity index (χ2n) is 11.2. The Labute approximate surface area is 254 Å². The van der Waals surface area contributed by atoms with E-state index in [1.807, 2.05) is 0 Å². The Balaban J connectivity index is 1.26. The van der Waals surface area contributed by atoms with Gasteiger partial charge in [-0.05, 0) is 49.3 Å². The van der Waals surface area contributed by atoms with E-state index in [9.17, 15) is 45.9 Å². The molecule has 3 atom stereocenters. The quantitative estimate of drug-likeness (QED) is 0.384. The van der Waals surface area contributed by atoms with Gasteiger partial charge in [0.05, 0.1) is 34.4 Å². The third-order valence-corrected chi connectivity index (χ3v) is 11.3. The van der Waals surface area contributed by atoms with Gasteiger partial charge in [-0.25, -0.2) is 26.4 Å². The Morgan fingerprint density at radius 1 is 1.09 bits per heavy atom. The highest BCUT2D eigenvalue weighted by atomic mass is 35.5. The van der Waals surface area contributed by atoms with Crippen LogP contribution in [0.1, 0.15) is 36.0 Å². The number of benzene rings is 2. The lowest BCUT2D eigenvalue weighted by Crippen LogP contribution is -2.66. The molecule has 236 valence electrons. The third kappa shape index (κ3) is 5.63. The Bertz CT molecular complexity index is 1640. The van der Waals surface area contributed by atoms with E-state index in [0.29, 0.717) is 18.6 Å².